The quantitative estimate of drug-likeness (QED) is 0.562. The molecule has 0 radical (unpaired) electrons. The lowest BCUT2D eigenvalue weighted by Gasteiger charge is -2.26. The van der Waals surface area contributed by atoms with Gasteiger partial charge >= 0.3 is 6.03 Å². The summed E-state index contributed by atoms with van der Waals surface area (Å²) in [4.78, 5) is 14.6. The van der Waals surface area contributed by atoms with Gasteiger partial charge in [-0.2, -0.15) is 0 Å². The number of rotatable bonds is 8. The number of fused-ring (bicyclic) bond motifs is 1. The standard InChI is InChI=1S/C23H28N4O3/c28-23(24-9-15-30-21-4-2-1-3-5-21)25-20-6-7-22-19(18-20)8-10-27(22)12-11-26-13-16-29-17-14-26/h1-8,10,18H,9,11-17H2,(H2,24,25,28). The second-order valence-corrected chi connectivity index (χ2v) is 7.28. The third-order valence-electron chi connectivity index (χ3n) is 5.19. The molecule has 1 saturated heterocycles. The van der Waals surface area contributed by atoms with Crippen LogP contribution >= 0.6 is 0 Å². The van der Waals surface area contributed by atoms with E-state index in [2.05, 4.69) is 38.4 Å². The number of carbonyl (C=O) groups excluding carboxylic acids is 1. The highest BCUT2D eigenvalue weighted by atomic mass is 16.5. The van der Waals surface area contributed by atoms with Crippen LogP contribution in [-0.2, 0) is 11.3 Å². The summed E-state index contributed by atoms with van der Waals surface area (Å²) in [6, 6.07) is 17.4. The highest BCUT2D eigenvalue weighted by Gasteiger charge is 2.11. The molecule has 3 aromatic rings. The van der Waals surface area contributed by atoms with Crippen LogP contribution in [0.3, 0.4) is 0 Å². The molecule has 0 aliphatic carbocycles. The summed E-state index contributed by atoms with van der Waals surface area (Å²) in [6.45, 7) is 6.45. The van der Waals surface area contributed by atoms with Crippen molar-refractivity contribution >= 4 is 22.6 Å². The van der Waals surface area contributed by atoms with Crippen LogP contribution in [0.1, 0.15) is 0 Å². The highest BCUT2D eigenvalue weighted by molar-refractivity contribution is 5.92. The van der Waals surface area contributed by atoms with Crippen LogP contribution in [0, 0.1) is 0 Å². The van der Waals surface area contributed by atoms with Crippen molar-refractivity contribution in [2.75, 3.05) is 51.3 Å². The number of hydrogen-bond acceptors (Lipinski definition) is 4. The Morgan fingerprint density at radius 2 is 1.87 bits per heavy atom. The molecule has 0 saturated carbocycles. The molecule has 2 amide bonds. The van der Waals surface area contributed by atoms with Crippen LogP contribution in [0.4, 0.5) is 10.5 Å². The minimum Gasteiger partial charge on any atom is -0.492 e. The highest BCUT2D eigenvalue weighted by Crippen LogP contribution is 2.20. The number of nitrogens with one attached hydrogen (secondary N) is 2. The number of benzene rings is 2. The molecule has 30 heavy (non-hydrogen) atoms. The Labute approximate surface area is 176 Å². The van der Waals surface area contributed by atoms with E-state index in [1.54, 1.807) is 0 Å². The lowest BCUT2D eigenvalue weighted by molar-refractivity contribution is 0.0365. The first-order valence-electron chi connectivity index (χ1n) is 10.4. The van der Waals surface area contributed by atoms with Crippen molar-refractivity contribution in [1.82, 2.24) is 14.8 Å². The normalized spacial score (nSPS) is 14.5. The van der Waals surface area contributed by atoms with Gasteiger partial charge in [0.25, 0.3) is 0 Å². The maximum Gasteiger partial charge on any atom is 0.319 e. The Kier molecular flexibility index (Phi) is 6.84. The van der Waals surface area contributed by atoms with Gasteiger partial charge in [-0.3, -0.25) is 4.90 Å². The van der Waals surface area contributed by atoms with E-state index >= 15 is 0 Å². The third kappa shape index (κ3) is 5.52. The van der Waals surface area contributed by atoms with Crippen molar-refractivity contribution in [3.63, 3.8) is 0 Å². The molecule has 1 aliphatic rings. The number of aromatic nitrogens is 1. The maximum atomic E-state index is 12.1. The molecule has 1 aromatic heterocycles. The van der Waals surface area contributed by atoms with Gasteiger partial charge in [0.1, 0.15) is 12.4 Å². The number of hydrogen-bond donors (Lipinski definition) is 2. The molecule has 0 unspecified atom stereocenters. The summed E-state index contributed by atoms with van der Waals surface area (Å²) >= 11 is 0. The fourth-order valence-electron chi connectivity index (χ4n) is 3.57. The Balaban J connectivity index is 1.24. The van der Waals surface area contributed by atoms with Crippen LogP contribution in [0.2, 0.25) is 0 Å². The van der Waals surface area contributed by atoms with Gasteiger partial charge in [-0.25, -0.2) is 4.79 Å². The van der Waals surface area contributed by atoms with Crippen molar-refractivity contribution in [3.05, 3.63) is 60.8 Å². The largest absolute Gasteiger partial charge is 0.492 e. The smallest absolute Gasteiger partial charge is 0.319 e. The summed E-state index contributed by atoms with van der Waals surface area (Å²) in [7, 11) is 0. The number of nitrogens with zero attached hydrogens (tertiary/aromatic N) is 2. The van der Waals surface area contributed by atoms with Crippen LogP contribution in [0.5, 0.6) is 5.75 Å². The molecule has 0 spiro atoms. The van der Waals surface area contributed by atoms with Gasteiger partial charge in [0.05, 0.1) is 19.8 Å². The van der Waals surface area contributed by atoms with E-state index in [1.807, 2.05) is 42.5 Å². The summed E-state index contributed by atoms with van der Waals surface area (Å²) < 4.78 is 13.2. The molecule has 158 valence electrons. The Bertz CT molecular complexity index is 951. The van der Waals surface area contributed by atoms with Crippen molar-refractivity contribution in [2.45, 2.75) is 6.54 Å². The fraction of sp³-hybridized carbons (Fsp3) is 0.348. The maximum absolute atomic E-state index is 12.1. The molecule has 0 bridgehead atoms. The predicted octanol–water partition coefficient (Wildman–Crippen LogP) is 3.17. The van der Waals surface area contributed by atoms with Gasteiger partial charge in [0.2, 0.25) is 0 Å². The number of anilines is 1. The van der Waals surface area contributed by atoms with E-state index < -0.39 is 0 Å². The van der Waals surface area contributed by atoms with Gasteiger partial charge in [-0.1, -0.05) is 18.2 Å². The first-order valence-corrected chi connectivity index (χ1v) is 10.4. The van der Waals surface area contributed by atoms with Gasteiger partial charge in [0.15, 0.2) is 0 Å². The van der Waals surface area contributed by atoms with Gasteiger partial charge in [-0.05, 0) is 36.4 Å². The topological polar surface area (TPSA) is 67.8 Å². The van der Waals surface area contributed by atoms with Crippen molar-refractivity contribution in [3.8, 4) is 5.75 Å². The fourth-order valence-corrected chi connectivity index (χ4v) is 3.57. The van der Waals surface area contributed by atoms with Crippen molar-refractivity contribution in [2.24, 2.45) is 0 Å². The van der Waals surface area contributed by atoms with Crippen molar-refractivity contribution < 1.29 is 14.3 Å². The van der Waals surface area contributed by atoms with E-state index in [0.29, 0.717) is 13.2 Å². The van der Waals surface area contributed by atoms with E-state index in [9.17, 15) is 4.79 Å². The zero-order chi connectivity index (χ0) is 20.6. The number of ether oxygens (including phenoxy) is 2. The zero-order valence-corrected chi connectivity index (χ0v) is 17.0. The molecule has 1 fully saturated rings. The lowest BCUT2D eigenvalue weighted by Crippen LogP contribution is -2.38. The number of amides is 2. The van der Waals surface area contributed by atoms with E-state index in [-0.39, 0.29) is 6.03 Å². The number of carbonyl (C=O) groups is 1. The Morgan fingerprint density at radius 1 is 1.03 bits per heavy atom. The predicted molar refractivity (Wildman–Crippen MR) is 118 cm³/mol. The molecule has 2 heterocycles. The molecule has 1 aliphatic heterocycles. The molecule has 2 aromatic carbocycles. The van der Waals surface area contributed by atoms with E-state index in [1.165, 1.54) is 5.52 Å². The molecule has 2 N–H and O–H groups in total. The van der Waals surface area contributed by atoms with Crippen LogP contribution < -0.4 is 15.4 Å². The molecule has 7 nitrogen and oxygen atoms in total. The van der Waals surface area contributed by atoms with Crippen LogP contribution in [0.25, 0.3) is 10.9 Å². The number of morpholine rings is 1. The van der Waals surface area contributed by atoms with Gasteiger partial charge in [0, 0.05) is 49.0 Å². The number of para-hydroxylation sites is 1. The lowest BCUT2D eigenvalue weighted by atomic mass is 10.2. The van der Waals surface area contributed by atoms with E-state index in [4.69, 9.17) is 9.47 Å². The second-order valence-electron chi connectivity index (χ2n) is 7.28. The van der Waals surface area contributed by atoms with Crippen LogP contribution in [-0.4, -0.2) is 61.5 Å². The molecule has 4 rings (SSSR count). The first kappa shape index (κ1) is 20.3. The SMILES string of the molecule is O=C(NCCOc1ccccc1)Nc1ccc2c(ccn2CCN2CCOCC2)c1. The summed E-state index contributed by atoms with van der Waals surface area (Å²) in [5, 5.41) is 6.82. The molecule has 7 heteroatoms. The zero-order valence-electron chi connectivity index (χ0n) is 17.0. The number of urea groups is 1. The minimum absolute atomic E-state index is 0.238. The Morgan fingerprint density at radius 3 is 2.70 bits per heavy atom. The molecule has 0 atom stereocenters. The minimum atomic E-state index is -0.238. The summed E-state index contributed by atoms with van der Waals surface area (Å²) in [5.41, 5.74) is 1.94. The van der Waals surface area contributed by atoms with Gasteiger partial charge in [-0.15, -0.1) is 0 Å². The van der Waals surface area contributed by atoms with E-state index in [0.717, 1.165) is 56.2 Å². The first-order chi connectivity index (χ1) is 14.8. The Hall–Kier alpha value is -3.03. The average Bonchev–Trinajstić information content (AvgIpc) is 3.19. The molecular weight excluding hydrogens is 380 g/mol. The van der Waals surface area contributed by atoms with Crippen molar-refractivity contribution in [1.29, 1.82) is 0 Å². The molecular formula is C23H28N4O3. The monoisotopic (exact) mass is 408 g/mol. The summed E-state index contributed by atoms with van der Waals surface area (Å²) in [5.74, 6) is 0.795. The van der Waals surface area contributed by atoms with Crippen LogP contribution in [0.15, 0.2) is 60.8 Å². The van der Waals surface area contributed by atoms with Gasteiger partial charge < -0.3 is 24.7 Å². The second kappa shape index (κ2) is 10.1. The summed E-state index contributed by atoms with van der Waals surface area (Å²) in [6.07, 6.45) is 2.11. The average molecular weight is 409 g/mol. The third-order valence-corrected chi connectivity index (χ3v) is 5.19.